The number of para-hydroxylation sites is 2. The van der Waals surface area contributed by atoms with Gasteiger partial charge in [-0.3, -0.25) is 0 Å². The summed E-state index contributed by atoms with van der Waals surface area (Å²) in [5.74, 6) is 0. The summed E-state index contributed by atoms with van der Waals surface area (Å²) in [4.78, 5) is 1.86. The van der Waals surface area contributed by atoms with Crippen molar-refractivity contribution in [2.45, 2.75) is 0 Å². The topological polar surface area (TPSA) is 21.3 Å². The van der Waals surface area contributed by atoms with Crippen LogP contribution in [-0.4, -0.2) is 4.57 Å². The van der Waals surface area contributed by atoms with Gasteiger partial charge in [0.05, 0.1) is 27.6 Å². The zero-order valence-electron chi connectivity index (χ0n) is 33.6. The summed E-state index contributed by atoms with van der Waals surface area (Å²) >= 11 is 0. The molecule has 0 N–H and O–H groups in total. The smallest absolute Gasteiger partial charge is 0.143 e. The average molecular weight is 707 g/mol. The highest BCUT2D eigenvalue weighted by molar-refractivity contribution is 6.19. The number of rotatable bonds is 6. The third-order valence-electron chi connectivity index (χ3n) is 10.6. The van der Waals surface area contributed by atoms with Crippen LogP contribution in [0.25, 0.3) is 82.5 Å². The molecule has 9 aromatic carbocycles. The Hall–Kier alpha value is -7.36. The van der Waals surface area contributed by atoms with Crippen LogP contribution in [0, 0.1) is 0 Å². The Morgan fingerprint density at radius 1 is 0.436 bits per heavy atom. The second-order valence-corrected chi connectivity index (χ2v) is 13.8. The minimum Gasteiger partial charge on any atom is -0.455 e. The van der Waals surface area contributed by atoms with Gasteiger partial charge in [0.2, 0.25) is 0 Å². The molecule has 3 nitrogen and oxygen atoms in total. The summed E-state index contributed by atoms with van der Waals surface area (Å²) in [6, 6.07) is 60.4. The fourth-order valence-corrected chi connectivity index (χ4v) is 8.11. The van der Waals surface area contributed by atoms with Crippen molar-refractivity contribution in [2.75, 3.05) is 4.90 Å². The molecule has 0 bridgehead atoms. The number of nitrogens with zero attached hydrogens (tertiary/aromatic N) is 2. The Morgan fingerprint density at radius 3 is 1.84 bits per heavy atom. The molecule has 0 radical (unpaired) electrons. The van der Waals surface area contributed by atoms with Crippen molar-refractivity contribution in [2.24, 2.45) is 0 Å². The molecule has 0 fully saturated rings. The van der Waals surface area contributed by atoms with Crippen LogP contribution >= 0.6 is 0 Å². The van der Waals surface area contributed by atoms with Gasteiger partial charge in [-0.05, 0) is 94.3 Å². The largest absolute Gasteiger partial charge is 0.455 e. The van der Waals surface area contributed by atoms with Gasteiger partial charge in [0.1, 0.15) is 11.2 Å². The molecule has 2 heterocycles. The lowest BCUT2D eigenvalue weighted by Gasteiger charge is -2.26. The summed E-state index contributed by atoms with van der Waals surface area (Å²) in [5, 5.41) is 6.18. The third kappa shape index (κ3) is 5.13. The van der Waals surface area contributed by atoms with E-state index in [1.54, 1.807) is 0 Å². The lowest BCUT2D eigenvalue weighted by molar-refractivity contribution is 0.672. The number of benzene rings is 9. The van der Waals surface area contributed by atoms with Crippen LogP contribution < -0.4 is 4.90 Å². The molecule has 0 aliphatic heterocycles. The van der Waals surface area contributed by atoms with Gasteiger partial charge >= 0.3 is 0 Å². The molecular weight excluding hydrogens is 669 g/mol. The zero-order chi connectivity index (χ0) is 39.8. The quantitative estimate of drug-likeness (QED) is 0.172. The average Bonchev–Trinajstić information content (AvgIpc) is 3.84. The number of furan rings is 1. The van der Waals surface area contributed by atoms with Gasteiger partial charge < -0.3 is 13.9 Å². The monoisotopic (exact) mass is 706 g/mol. The first-order valence-electron chi connectivity index (χ1n) is 20.4. The molecule has 0 atom stereocenters. The van der Waals surface area contributed by atoms with Gasteiger partial charge in [-0.15, -0.1) is 0 Å². The molecule has 55 heavy (non-hydrogen) atoms. The lowest BCUT2D eigenvalue weighted by Crippen LogP contribution is -2.10. The van der Waals surface area contributed by atoms with Gasteiger partial charge in [0.15, 0.2) is 0 Å². The summed E-state index contributed by atoms with van der Waals surface area (Å²) in [6.45, 7) is 0. The van der Waals surface area contributed by atoms with Crippen molar-refractivity contribution in [3.05, 3.63) is 206 Å². The molecule has 0 unspecified atom stereocenters. The molecule has 0 saturated heterocycles. The number of aromatic nitrogens is 1. The fourth-order valence-electron chi connectivity index (χ4n) is 8.11. The summed E-state index contributed by atoms with van der Waals surface area (Å²) < 4.78 is 46.5. The van der Waals surface area contributed by atoms with Crippen molar-refractivity contribution in [1.82, 2.24) is 4.57 Å². The van der Waals surface area contributed by atoms with E-state index in [-0.39, 0.29) is 35.4 Å². The summed E-state index contributed by atoms with van der Waals surface area (Å²) in [7, 11) is 0. The highest BCUT2D eigenvalue weighted by Crippen LogP contribution is 2.45. The normalized spacial score (nSPS) is 12.7. The zero-order valence-corrected chi connectivity index (χ0v) is 29.6. The molecular formula is C52H34N2O. The van der Waals surface area contributed by atoms with Crippen LogP contribution in [0.15, 0.2) is 211 Å². The Balaban J connectivity index is 1.10. The number of hydrogen-bond donors (Lipinski definition) is 0. The predicted octanol–water partition coefficient (Wildman–Crippen LogP) is 14.6. The minimum atomic E-state index is -0.136. The van der Waals surface area contributed by atoms with Crippen LogP contribution in [0.2, 0.25) is 0 Å². The van der Waals surface area contributed by atoms with Gasteiger partial charge in [-0.1, -0.05) is 139 Å². The van der Waals surface area contributed by atoms with Gasteiger partial charge in [-0.25, -0.2) is 0 Å². The van der Waals surface area contributed by atoms with E-state index in [4.69, 9.17) is 4.42 Å². The first kappa shape index (κ1) is 27.3. The maximum atomic E-state index is 9.52. The summed E-state index contributed by atoms with van der Waals surface area (Å²) in [5.41, 5.74) is 9.20. The second kappa shape index (κ2) is 12.6. The number of hydrogen-bond acceptors (Lipinski definition) is 2. The van der Waals surface area contributed by atoms with E-state index in [1.807, 2.05) is 77.7 Å². The van der Waals surface area contributed by atoms with E-state index in [1.165, 1.54) is 10.8 Å². The van der Waals surface area contributed by atoms with E-state index in [9.17, 15) is 5.48 Å². The molecule has 0 aliphatic rings. The molecule has 11 aromatic rings. The standard InChI is InChI=1S/C52H34N2O/c1-2-12-35(13-3-1)36-24-29-40(30-25-36)53(49-22-11-23-50-51(49)46-33-28-38-14-4-5-17-43(38)52(46)55-50)41-31-26-37(27-32-41)39-15-10-16-42(34-39)54-47-20-8-6-18-44(47)45-19-7-9-21-48(45)54/h1-34H/i24D,25D,29D,30D. The molecule has 11 rings (SSSR count). The van der Waals surface area contributed by atoms with E-state index in [2.05, 4.69) is 114 Å². The van der Waals surface area contributed by atoms with Crippen LogP contribution in [-0.2, 0) is 0 Å². The van der Waals surface area contributed by atoms with Crippen LogP contribution in [0.1, 0.15) is 5.48 Å². The highest BCUT2D eigenvalue weighted by Gasteiger charge is 2.21. The highest BCUT2D eigenvalue weighted by atomic mass is 16.3. The maximum Gasteiger partial charge on any atom is 0.143 e. The molecule has 0 spiro atoms. The Labute approximate surface area is 324 Å². The van der Waals surface area contributed by atoms with Crippen molar-refractivity contribution < 1.29 is 9.90 Å². The van der Waals surface area contributed by atoms with E-state index in [0.29, 0.717) is 22.5 Å². The van der Waals surface area contributed by atoms with Crippen molar-refractivity contribution >= 4 is 71.6 Å². The molecule has 0 amide bonds. The third-order valence-corrected chi connectivity index (χ3v) is 10.6. The van der Waals surface area contributed by atoms with Crippen molar-refractivity contribution in [1.29, 1.82) is 0 Å². The van der Waals surface area contributed by atoms with Gasteiger partial charge in [0.25, 0.3) is 0 Å². The maximum absolute atomic E-state index is 9.52. The Morgan fingerprint density at radius 2 is 1.07 bits per heavy atom. The molecule has 258 valence electrons. The minimum absolute atomic E-state index is 0.106. The SMILES string of the molecule is [2H]c1c([2H])c(N(c2ccc(-c3cccc(-n4c5ccccc5c5ccccc54)c3)cc2)c2cccc3oc4c5ccccc5ccc4c23)c([2H])c([2H])c1-c1ccccc1. The van der Waals surface area contributed by atoms with Gasteiger partial charge in [0, 0.05) is 38.6 Å². The fraction of sp³-hybridized carbons (Fsp3) is 0. The van der Waals surface area contributed by atoms with Crippen molar-refractivity contribution in [3.8, 4) is 27.9 Å². The lowest BCUT2D eigenvalue weighted by atomic mass is 10.0. The van der Waals surface area contributed by atoms with E-state index >= 15 is 0 Å². The summed E-state index contributed by atoms with van der Waals surface area (Å²) in [6.07, 6.45) is 0. The predicted molar refractivity (Wildman–Crippen MR) is 231 cm³/mol. The molecule has 2 aromatic heterocycles. The van der Waals surface area contributed by atoms with Crippen molar-refractivity contribution in [3.63, 3.8) is 0 Å². The number of anilines is 3. The molecule has 0 saturated carbocycles. The molecule has 3 heteroatoms. The first-order chi connectivity index (χ1) is 29.0. The van der Waals surface area contributed by atoms with Crippen LogP contribution in [0.4, 0.5) is 17.1 Å². The number of fused-ring (bicyclic) bond motifs is 8. The Kier molecular flexibility index (Phi) is 6.27. The van der Waals surface area contributed by atoms with E-state index < -0.39 is 0 Å². The first-order valence-corrected chi connectivity index (χ1v) is 18.4. The van der Waals surface area contributed by atoms with E-state index in [0.717, 1.165) is 55.0 Å². The second-order valence-electron chi connectivity index (χ2n) is 13.8. The Bertz CT molecular complexity index is 3360. The molecule has 0 aliphatic carbocycles. The van der Waals surface area contributed by atoms with Gasteiger partial charge in [-0.2, -0.15) is 0 Å². The van der Waals surface area contributed by atoms with Crippen LogP contribution in [0.5, 0.6) is 0 Å². The van der Waals surface area contributed by atoms with Crippen LogP contribution in [0.3, 0.4) is 0 Å².